The lowest BCUT2D eigenvalue weighted by molar-refractivity contribution is -0.126. The predicted molar refractivity (Wildman–Crippen MR) is 139 cm³/mol. The van der Waals surface area contributed by atoms with E-state index in [2.05, 4.69) is 5.32 Å². The van der Waals surface area contributed by atoms with E-state index in [9.17, 15) is 14.4 Å². The lowest BCUT2D eigenvalue weighted by Crippen LogP contribution is -2.48. The molecule has 190 valence electrons. The molecule has 2 aliphatic heterocycles. The molecule has 2 aromatic carbocycles. The average Bonchev–Trinajstić information content (AvgIpc) is 3.26. The van der Waals surface area contributed by atoms with Crippen molar-refractivity contribution in [3.05, 3.63) is 59.9 Å². The molecule has 2 fully saturated rings. The van der Waals surface area contributed by atoms with E-state index in [1.54, 1.807) is 40.9 Å². The summed E-state index contributed by atoms with van der Waals surface area (Å²) in [6.07, 6.45) is 4.34. The van der Waals surface area contributed by atoms with Gasteiger partial charge < -0.3 is 19.9 Å². The molecule has 0 spiro atoms. The molecule has 0 aromatic heterocycles. The maximum absolute atomic E-state index is 15.0. The highest BCUT2D eigenvalue weighted by Gasteiger charge is 2.33. The van der Waals surface area contributed by atoms with Crippen LogP contribution in [0.2, 0.25) is 0 Å². The van der Waals surface area contributed by atoms with E-state index in [1.807, 2.05) is 35.4 Å². The summed E-state index contributed by atoms with van der Waals surface area (Å²) in [5.74, 6) is -0.724. The van der Waals surface area contributed by atoms with Crippen molar-refractivity contribution in [3.63, 3.8) is 0 Å². The summed E-state index contributed by atoms with van der Waals surface area (Å²) >= 11 is 1.67. The molecule has 1 N–H and O–H groups in total. The fraction of sp³-hybridized carbons (Fsp3) is 0.346. The third kappa shape index (κ3) is 6.17. The van der Waals surface area contributed by atoms with Crippen molar-refractivity contribution in [2.45, 2.75) is 17.9 Å². The number of nitrogens with zero attached hydrogens (tertiary/aromatic N) is 3. The van der Waals surface area contributed by atoms with Gasteiger partial charge in [0, 0.05) is 44.1 Å². The lowest BCUT2D eigenvalue weighted by Gasteiger charge is -2.36. The Hall–Kier alpha value is -3.53. The zero-order chi connectivity index (χ0) is 25.7. The molecular formula is C26H29FN4O4S. The second-order valence-electron chi connectivity index (χ2n) is 8.61. The van der Waals surface area contributed by atoms with Crippen LogP contribution in [-0.2, 0) is 14.3 Å². The molecule has 0 aliphatic carbocycles. The van der Waals surface area contributed by atoms with Crippen LogP contribution in [0.25, 0.3) is 6.08 Å². The van der Waals surface area contributed by atoms with Gasteiger partial charge in [-0.15, -0.1) is 11.8 Å². The molecule has 8 nitrogen and oxygen atoms in total. The molecule has 1 atom stereocenters. The smallest absolute Gasteiger partial charge is 0.414 e. The first kappa shape index (κ1) is 25.6. The molecule has 2 saturated heterocycles. The van der Waals surface area contributed by atoms with Crippen molar-refractivity contribution in [1.29, 1.82) is 0 Å². The van der Waals surface area contributed by atoms with Gasteiger partial charge in [-0.2, -0.15) is 0 Å². The van der Waals surface area contributed by atoms with Crippen LogP contribution in [0.4, 0.5) is 20.6 Å². The summed E-state index contributed by atoms with van der Waals surface area (Å²) in [7, 11) is 0. The van der Waals surface area contributed by atoms with Gasteiger partial charge in [-0.3, -0.25) is 14.5 Å². The van der Waals surface area contributed by atoms with Gasteiger partial charge in [-0.25, -0.2) is 9.18 Å². The number of benzene rings is 2. The van der Waals surface area contributed by atoms with E-state index in [1.165, 1.54) is 22.8 Å². The first-order valence-electron chi connectivity index (χ1n) is 11.7. The van der Waals surface area contributed by atoms with Gasteiger partial charge in [-0.1, -0.05) is 12.1 Å². The van der Waals surface area contributed by atoms with Crippen molar-refractivity contribution in [1.82, 2.24) is 10.2 Å². The number of rotatable bonds is 7. The number of halogens is 1. The van der Waals surface area contributed by atoms with Crippen molar-refractivity contribution in [2.75, 3.05) is 55.3 Å². The maximum Gasteiger partial charge on any atom is 0.414 e. The summed E-state index contributed by atoms with van der Waals surface area (Å²) < 4.78 is 20.3. The van der Waals surface area contributed by atoms with E-state index in [4.69, 9.17) is 4.74 Å². The largest absolute Gasteiger partial charge is 0.442 e. The van der Waals surface area contributed by atoms with Gasteiger partial charge in [0.1, 0.15) is 11.9 Å². The van der Waals surface area contributed by atoms with Crippen molar-refractivity contribution < 1.29 is 23.5 Å². The fourth-order valence-electron chi connectivity index (χ4n) is 4.17. The molecule has 2 aromatic rings. The van der Waals surface area contributed by atoms with Crippen LogP contribution < -0.4 is 15.1 Å². The minimum absolute atomic E-state index is 0.0687. The Labute approximate surface area is 214 Å². The zero-order valence-electron chi connectivity index (χ0n) is 20.3. The second-order valence-corrected chi connectivity index (χ2v) is 9.49. The van der Waals surface area contributed by atoms with Crippen LogP contribution >= 0.6 is 11.8 Å². The fourth-order valence-corrected chi connectivity index (χ4v) is 4.58. The van der Waals surface area contributed by atoms with Crippen molar-refractivity contribution >= 4 is 47.1 Å². The average molecular weight is 513 g/mol. The highest BCUT2D eigenvalue weighted by atomic mass is 32.2. The molecular weight excluding hydrogens is 483 g/mol. The highest BCUT2D eigenvalue weighted by Crippen LogP contribution is 2.28. The summed E-state index contributed by atoms with van der Waals surface area (Å²) in [5.41, 5.74) is 1.79. The van der Waals surface area contributed by atoms with Gasteiger partial charge in [0.15, 0.2) is 0 Å². The molecule has 2 heterocycles. The Balaban J connectivity index is 1.32. The lowest BCUT2D eigenvalue weighted by atomic mass is 10.2. The van der Waals surface area contributed by atoms with E-state index >= 15 is 4.39 Å². The molecule has 0 bridgehead atoms. The standard InChI is InChI=1S/C26H29FN4O4S/c1-18(32)28-16-21-17-31(26(34)35-21)20-6-9-24(23(27)15-20)29-11-13-30(14-12-29)25(33)10-5-19-3-7-22(36-2)8-4-19/h3-10,15,21H,11-14,16-17H2,1-2H3,(H,28,32)/t21-/m0/s1. The molecule has 4 rings (SSSR count). The number of carbonyl (C=O) groups is 3. The quantitative estimate of drug-likeness (QED) is 0.453. The number of piperazine rings is 1. The number of carbonyl (C=O) groups excluding carboxylic acids is 3. The first-order valence-corrected chi connectivity index (χ1v) is 12.9. The summed E-state index contributed by atoms with van der Waals surface area (Å²) in [4.78, 5) is 42.1. The Morgan fingerprint density at radius 3 is 2.50 bits per heavy atom. The Bertz CT molecular complexity index is 1150. The number of nitrogens with one attached hydrogen (secondary N) is 1. The van der Waals surface area contributed by atoms with Crippen LogP contribution in [0.15, 0.2) is 53.4 Å². The number of amides is 3. The van der Waals surface area contributed by atoms with Gasteiger partial charge in [-0.05, 0) is 48.2 Å². The SMILES string of the molecule is CSc1ccc(C=CC(=O)N2CCN(c3ccc(N4C[C@H](CNC(C)=O)OC4=O)cc3F)CC2)cc1. The van der Waals surface area contributed by atoms with Crippen LogP contribution in [-0.4, -0.2) is 74.4 Å². The summed E-state index contributed by atoms with van der Waals surface area (Å²) in [6, 6.07) is 12.6. The third-order valence-corrected chi connectivity index (χ3v) is 6.91. The van der Waals surface area contributed by atoms with Crippen LogP contribution in [0.1, 0.15) is 12.5 Å². The third-order valence-electron chi connectivity index (χ3n) is 6.16. The second kappa shape index (κ2) is 11.5. The Kier molecular flexibility index (Phi) is 8.14. The predicted octanol–water partition coefficient (Wildman–Crippen LogP) is 3.37. The molecule has 0 radical (unpaired) electrons. The minimum atomic E-state index is -0.571. The molecule has 2 aliphatic rings. The van der Waals surface area contributed by atoms with Crippen LogP contribution in [0.5, 0.6) is 0 Å². The van der Waals surface area contributed by atoms with Gasteiger partial charge >= 0.3 is 6.09 Å². The molecule has 3 amide bonds. The molecule has 0 unspecified atom stereocenters. The number of thioether (sulfide) groups is 1. The van der Waals surface area contributed by atoms with E-state index in [0.717, 1.165) is 5.56 Å². The molecule has 10 heteroatoms. The monoisotopic (exact) mass is 512 g/mol. The van der Waals surface area contributed by atoms with Crippen molar-refractivity contribution in [2.24, 2.45) is 0 Å². The summed E-state index contributed by atoms with van der Waals surface area (Å²) in [6.45, 7) is 3.80. The maximum atomic E-state index is 15.0. The van der Waals surface area contributed by atoms with E-state index in [0.29, 0.717) is 37.6 Å². The van der Waals surface area contributed by atoms with Gasteiger partial charge in [0.2, 0.25) is 11.8 Å². The first-order chi connectivity index (χ1) is 17.3. The Morgan fingerprint density at radius 1 is 1.14 bits per heavy atom. The number of hydrogen-bond acceptors (Lipinski definition) is 6. The van der Waals surface area contributed by atoms with Gasteiger partial charge in [0.25, 0.3) is 0 Å². The van der Waals surface area contributed by atoms with Gasteiger partial charge in [0.05, 0.1) is 24.5 Å². The van der Waals surface area contributed by atoms with E-state index in [-0.39, 0.29) is 24.9 Å². The normalized spacial score (nSPS) is 18.0. The Morgan fingerprint density at radius 2 is 1.86 bits per heavy atom. The number of hydrogen-bond donors (Lipinski definition) is 1. The minimum Gasteiger partial charge on any atom is -0.442 e. The van der Waals surface area contributed by atoms with Crippen LogP contribution in [0, 0.1) is 5.82 Å². The van der Waals surface area contributed by atoms with Crippen LogP contribution in [0.3, 0.4) is 0 Å². The topological polar surface area (TPSA) is 82.2 Å². The zero-order valence-corrected chi connectivity index (χ0v) is 21.1. The molecule has 0 saturated carbocycles. The van der Waals surface area contributed by atoms with E-state index < -0.39 is 18.0 Å². The summed E-state index contributed by atoms with van der Waals surface area (Å²) in [5, 5.41) is 2.62. The highest BCUT2D eigenvalue weighted by molar-refractivity contribution is 7.98. The number of anilines is 2. The molecule has 36 heavy (non-hydrogen) atoms. The number of ether oxygens (including phenoxy) is 1. The van der Waals surface area contributed by atoms with Crippen molar-refractivity contribution in [3.8, 4) is 0 Å². The number of cyclic esters (lactones) is 1.